The van der Waals surface area contributed by atoms with Crippen molar-refractivity contribution in [2.45, 2.75) is 56.5 Å². The van der Waals surface area contributed by atoms with E-state index in [1.165, 1.54) is 38.8 Å². The minimum atomic E-state index is -0.739. The molecule has 1 heterocycles. The quantitative estimate of drug-likeness (QED) is 0.764. The molecule has 0 spiro atoms. The number of hydrogen-bond acceptors (Lipinski definition) is 3. The zero-order valence-corrected chi connectivity index (χ0v) is 11.1. The fraction of sp³-hybridized carbons (Fsp3) is 0.929. The van der Waals surface area contributed by atoms with Gasteiger partial charge in [0.15, 0.2) is 0 Å². The lowest BCUT2D eigenvalue weighted by Gasteiger charge is -2.44. The first-order valence-electron chi connectivity index (χ1n) is 7.40. The highest BCUT2D eigenvalue weighted by molar-refractivity contribution is 5.84. The molecule has 4 N–H and O–H groups in total. The highest BCUT2D eigenvalue weighted by atomic mass is 16.1. The van der Waals surface area contributed by atoms with E-state index >= 15 is 0 Å². The van der Waals surface area contributed by atoms with Crippen molar-refractivity contribution in [3.05, 3.63) is 0 Å². The highest BCUT2D eigenvalue weighted by Crippen LogP contribution is 2.39. The summed E-state index contributed by atoms with van der Waals surface area (Å²) < 4.78 is 0. The minimum absolute atomic E-state index is 0.317. The predicted molar refractivity (Wildman–Crippen MR) is 70.8 cm³/mol. The summed E-state index contributed by atoms with van der Waals surface area (Å²) in [7, 11) is 0. The van der Waals surface area contributed by atoms with Gasteiger partial charge >= 0.3 is 0 Å². The molecule has 0 aromatic carbocycles. The third kappa shape index (κ3) is 2.16. The van der Waals surface area contributed by atoms with Gasteiger partial charge in [-0.3, -0.25) is 9.69 Å². The van der Waals surface area contributed by atoms with Crippen molar-refractivity contribution in [3.63, 3.8) is 0 Å². The Labute approximate surface area is 109 Å². The number of amides is 1. The monoisotopic (exact) mass is 251 g/mol. The topological polar surface area (TPSA) is 72.3 Å². The number of primary amides is 1. The lowest BCUT2D eigenvalue weighted by Crippen LogP contribution is -2.52. The van der Waals surface area contributed by atoms with Gasteiger partial charge in [-0.05, 0) is 50.4 Å². The molecule has 1 saturated heterocycles. The van der Waals surface area contributed by atoms with Gasteiger partial charge in [-0.15, -0.1) is 0 Å². The summed E-state index contributed by atoms with van der Waals surface area (Å²) in [5.41, 5.74) is 10.8. The zero-order valence-electron chi connectivity index (χ0n) is 11.1. The number of hydrogen-bond donors (Lipinski definition) is 2. The summed E-state index contributed by atoms with van der Waals surface area (Å²) in [6.07, 6.45) is 8.19. The average molecular weight is 251 g/mol. The summed E-state index contributed by atoms with van der Waals surface area (Å²) in [6.45, 7) is 2.44. The lowest BCUT2D eigenvalue weighted by atomic mass is 9.77. The van der Waals surface area contributed by atoms with Crippen molar-refractivity contribution in [1.82, 2.24) is 4.90 Å². The van der Waals surface area contributed by atoms with Crippen molar-refractivity contribution in [2.75, 3.05) is 13.1 Å². The van der Waals surface area contributed by atoms with Crippen molar-refractivity contribution in [2.24, 2.45) is 23.3 Å². The molecule has 0 aromatic heterocycles. The van der Waals surface area contributed by atoms with Crippen LogP contribution < -0.4 is 11.5 Å². The molecular weight excluding hydrogens is 226 g/mol. The van der Waals surface area contributed by atoms with E-state index in [0.717, 1.165) is 31.1 Å². The largest absolute Gasteiger partial charge is 0.368 e. The van der Waals surface area contributed by atoms with Crippen LogP contribution in [-0.4, -0.2) is 35.5 Å². The molecule has 2 aliphatic carbocycles. The van der Waals surface area contributed by atoms with E-state index in [4.69, 9.17) is 11.5 Å². The van der Waals surface area contributed by atoms with E-state index in [-0.39, 0.29) is 5.91 Å². The van der Waals surface area contributed by atoms with E-state index in [9.17, 15) is 4.79 Å². The van der Waals surface area contributed by atoms with Gasteiger partial charge in [0.05, 0.1) is 5.54 Å². The van der Waals surface area contributed by atoms with Crippen LogP contribution in [0.5, 0.6) is 0 Å². The second-order valence-corrected chi connectivity index (χ2v) is 6.77. The Balaban J connectivity index is 1.64. The Morgan fingerprint density at radius 3 is 2.39 bits per heavy atom. The maximum Gasteiger partial charge on any atom is 0.237 e. The Hall–Kier alpha value is -0.610. The fourth-order valence-electron chi connectivity index (χ4n) is 4.35. The maximum atomic E-state index is 11.4. The second-order valence-electron chi connectivity index (χ2n) is 6.77. The van der Waals surface area contributed by atoms with E-state index in [1.807, 2.05) is 0 Å². The van der Waals surface area contributed by atoms with Crippen LogP contribution in [-0.2, 0) is 4.79 Å². The predicted octanol–water partition coefficient (Wildman–Crippen LogP) is 0.844. The number of carbonyl (C=O) groups excluding carboxylic acids is 1. The normalized spacial score (nSPS) is 45.1. The van der Waals surface area contributed by atoms with Gasteiger partial charge < -0.3 is 11.5 Å². The molecule has 18 heavy (non-hydrogen) atoms. The van der Waals surface area contributed by atoms with Crippen molar-refractivity contribution in [1.29, 1.82) is 0 Å². The molecule has 102 valence electrons. The molecule has 3 fully saturated rings. The number of nitrogens with two attached hydrogens (primary N) is 2. The smallest absolute Gasteiger partial charge is 0.237 e. The molecular formula is C14H25N3O. The Morgan fingerprint density at radius 1 is 1.17 bits per heavy atom. The van der Waals surface area contributed by atoms with E-state index < -0.39 is 5.54 Å². The molecule has 0 aromatic rings. The van der Waals surface area contributed by atoms with Crippen molar-refractivity contribution in [3.8, 4) is 0 Å². The van der Waals surface area contributed by atoms with Crippen LogP contribution in [0.1, 0.15) is 44.9 Å². The molecule has 4 nitrogen and oxygen atoms in total. The zero-order chi connectivity index (χ0) is 12.8. The molecule has 3 aliphatic rings. The van der Waals surface area contributed by atoms with Gasteiger partial charge in [0.2, 0.25) is 5.91 Å². The van der Waals surface area contributed by atoms with Crippen LogP contribution in [0.3, 0.4) is 0 Å². The van der Waals surface area contributed by atoms with E-state index in [1.54, 1.807) is 0 Å². The molecule has 2 bridgehead atoms. The summed E-state index contributed by atoms with van der Waals surface area (Å²) in [4.78, 5) is 14.0. The summed E-state index contributed by atoms with van der Waals surface area (Å²) in [5, 5.41) is 0. The summed E-state index contributed by atoms with van der Waals surface area (Å²) >= 11 is 0. The van der Waals surface area contributed by atoms with Gasteiger partial charge in [-0.1, -0.05) is 6.42 Å². The second kappa shape index (κ2) is 4.49. The van der Waals surface area contributed by atoms with Gasteiger partial charge in [-0.25, -0.2) is 0 Å². The number of piperidine rings is 1. The molecule has 4 unspecified atom stereocenters. The molecule has 1 aliphatic heterocycles. The summed E-state index contributed by atoms with van der Waals surface area (Å²) in [6, 6.07) is 0.492. The number of fused-ring (bicyclic) bond motifs is 2. The Morgan fingerprint density at radius 2 is 1.83 bits per heavy atom. The van der Waals surface area contributed by atoms with Crippen LogP contribution >= 0.6 is 0 Å². The van der Waals surface area contributed by atoms with E-state index in [2.05, 4.69) is 4.90 Å². The molecule has 1 amide bonds. The third-order valence-electron chi connectivity index (χ3n) is 5.41. The van der Waals surface area contributed by atoms with Crippen LogP contribution in [0, 0.1) is 11.8 Å². The van der Waals surface area contributed by atoms with Crippen LogP contribution in [0.2, 0.25) is 0 Å². The molecule has 2 saturated carbocycles. The Kier molecular flexibility index (Phi) is 3.10. The van der Waals surface area contributed by atoms with Gasteiger partial charge in [-0.2, -0.15) is 0 Å². The average Bonchev–Trinajstić information content (AvgIpc) is 2.73. The third-order valence-corrected chi connectivity index (χ3v) is 5.41. The molecule has 0 radical (unpaired) electrons. The Bertz CT molecular complexity index is 334. The molecule has 4 atom stereocenters. The maximum absolute atomic E-state index is 11.4. The molecule has 4 heteroatoms. The molecule has 3 rings (SSSR count). The fourth-order valence-corrected chi connectivity index (χ4v) is 4.35. The van der Waals surface area contributed by atoms with Crippen molar-refractivity contribution >= 4 is 5.91 Å². The lowest BCUT2D eigenvalue weighted by molar-refractivity contribution is -0.123. The van der Waals surface area contributed by atoms with Crippen molar-refractivity contribution < 1.29 is 4.79 Å². The SMILES string of the molecule is NC(=O)C1(N)CCC(N2CC3CCCC(C3)C2)C1. The number of rotatable bonds is 2. The van der Waals surface area contributed by atoms with Crippen LogP contribution in [0.4, 0.5) is 0 Å². The van der Waals surface area contributed by atoms with Gasteiger partial charge in [0.25, 0.3) is 0 Å². The number of nitrogens with zero attached hydrogens (tertiary/aromatic N) is 1. The van der Waals surface area contributed by atoms with E-state index in [0.29, 0.717) is 6.04 Å². The summed E-state index contributed by atoms with van der Waals surface area (Å²) in [5.74, 6) is 1.46. The van der Waals surface area contributed by atoms with Crippen LogP contribution in [0.25, 0.3) is 0 Å². The number of likely N-dealkylation sites (tertiary alicyclic amines) is 1. The first-order valence-corrected chi connectivity index (χ1v) is 7.40. The van der Waals surface area contributed by atoms with Gasteiger partial charge in [0, 0.05) is 19.1 Å². The standard InChI is InChI=1S/C14H25N3O/c15-13(18)14(16)5-4-12(7-14)17-8-10-2-1-3-11(6-10)9-17/h10-12H,1-9,16H2,(H2,15,18). The minimum Gasteiger partial charge on any atom is -0.368 e. The van der Waals surface area contributed by atoms with Gasteiger partial charge in [0.1, 0.15) is 0 Å². The first kappa shape index (κ1) is 12.4. The first-order chi connectivity index (χ1) is 8.57. The number of carbonyl (C=O) groups is 1. The highest BCUT2D eigenvalue weighted by Gasteiger charge is 2.44. The van der Waals surface area contributed by atoms with Crippen LogP contribution in [0.15, 0.2) is 0 Å².